The number of rotatable bonds is 3. The van der Waals surface area contributed by atoms with Gasteiger partial charge in [0.2, 0.25) is 6.79 Å². The van der Waals surface area contributed by atoms with Crippen LogP contribution >= 0.6 is 0 Å². The van der Waals surface area contributed by atoms with Crippen molar-refractivity contribution >= 4 is 17.4 Å². The molecule has 1 aromatic heterocycles. The van der Waals surface area contributed by atoms with E-state index in [2.05, 4.69) is 15.5 Å². The Morgan fingerprint density at radius 1 is 1.45 bits per heavy atom. The largest absolute Gasteiger partial charge is 0.454 e. The molecule has 0 saturated heterocycles. The highest BCUT2D eigenvalue weighted by atomic mass is 16.7. The number of nitrogens with two attached hydrogens (primary N) is 1. The first-order chi connectivity index (χ1) is 9.69. The highest BCUT2D eigenvalue weighted by molar-refractivity contribution is 6.08. The normalized spacial score (nSPS) is 12.4. The van der Waals surface area contributed by atoms with Crippen LogP contribution in [0.1, 0.15) is 22.8 Å². The molecule has 7 nitrogen and oxygen atoms in total. The second kappa shape index (κ2) is 4.76. The molecule has 4 N–H and O–H groups in total. The number of hydrogen-bond acceptors (Lipinski definition) is 5. The van der Waals surface area contributed by atoms with Gasteiger partial charge in [-0.2, -0.15) is 5.10 Å². The summed E-state index contributed by atoms with van der Waals surface area (Å²) in [5, 5.41) is 9.41. The third-order valence-corrected chi connectivity index (χ3v) is 3.13. The molecule has 0 atom stereocenters. The van der Waals surface area contributed by atoms with Crippen LogP contribution in [-0.2, 0) is 6.42 Å². The summed E-state index contributed by atoms with van der Waals surface area (Å²) in [6.45, 7) is 2.12. The quantitative estimate of drug-likeness (QED) is 0.737. The Bertz CT molecular complexity index is 666. The second-order valence-corrected chi connectivity index (χ2v) is 4.37. The lowest BCUT2D eigenvalue weighted by Gasteiger charge is -2.08. The summed E-state index contributed by atoms with van der Waals surface area (Å²) >= 11 is 0. The van der Waals surface area contributed by atoms with Gasteiger partial charge in [0.05, 0.1) is 11.8 Å². The molecular weight excluding hydrogens is 260 g/mol. The van der Waals surface area contributed by atoms with E-state index < -0.39 is 0 Å². The predicted octanol–water partition coefficient (Wildman–Crippen LogP) is 1.54. The summed E-state index contributed by atoms with van der Waals surface area (Å²) in [6.07, 6.45) is 2.45. The number of carbonyl (C=O) groups excluding carboxylic acids is 1. The standard InChI is InChI=1S/C13H14N4O3/c1-2-7-5-15-17-12(7)16-13(18)8-3-10-11(4-9(8)14)20-6-19-10/h3-5H,2,6,14H2,1H3,(H2,15,16,17,18). The van der Waals surface area contributed by atoms with E-state index in [1.807, 2.05) is 6.92 Å². The fourth-order valence-electron chi connectivity index (χ4n) is 2.02. The van der Waals surface area contributed by atoms with E-state index in [4.69, 9.17) is 15.2 Å². The van der Waals surface area contributed by atoms with Crippen LogP contribution in [0, 0.1) is 0 Å². The van der Waals surface area contributed by atoms with E-state index in [1.165, 1.54) is 0 Å². The van der Waals surface area contributed by atoms with E-state index >= 15 is 0 Å². The summed E-state index contributed by atoms with van der Waals surface area (Å²) < 4.78 is 10.5. The molecule has 1 aromatic carbocycles. The molecule has 0 fully saturated rings. The van der Waals surface area contributed by atoms with Crippen molar-refractivity contribution in [2.45, 2.75) is 13.3 Å². The van der Waals surface area contributed by atoms with Crippen LogP contribution in [0.3, 0.4) is 0 Å². The van der Waals surface area contributed by atoms with E-state index in [0.29, 0.717) is 28.6 Å². The molecule has 0 bridgehead atoms. The first-order valence-corrected chi connectivity index (χ1v) is 6.21. The Morgan fingerprint density at radius 2 is 2.20 bits per heavy atom. The molecule has 0 spiro atoms. The SMILES string of the molecule is CCc1cn[nH]c1NC(=O)c1cc2c(cc1N)OCO2. The number of amides is 1. The Kier molecular flexibility index (Phi) is 2.94. The molecule has 1 aliphatic rings. The summed E-state index contributed by atoms with van der Waals surface area (Å²) in [5.41, 5.74) is 7.48. The number of nitrogens with one attached hydrogen (secondary N) is 2. The number of nitrogen functional groups attached to an aromatic ring is 1. The first-order valence-electron chi connectivity index (χ1n) is 6.21. The average Bonchev–Trinajstić information content (AvgIpc) is 3.05. The monoisotopic (exact) mass is 274 g/mol. The van der Waals surface area contributed by atoms with Crippen LogP contribution in [0.2, 0.25) is 0 Å². The Morgan fingerprint density at radius 3 is 2.95 bits per heavy atom. The molecule has 1 amide bonds. The van der Waals surface area contributed by atoms with Gasteiger partial charge in [0.25, 0.3) is 5.91 Å². The van der Waals surface area contributed by atoms with Gasteiger partial charge in [0.15, 0.2) is 11.5 Å². The van der Waals surface area contributed by atoms with Crippen molar-refractivity contribution in [2.75, 3.05) is 17.8 Å². The van der Waals surface area contributed by atoms with Crippen LogP contribution in [0.4, 0.5) is 11.5 Å². The maximum atomic E-state index is 12.3. The summed E-state index contributed by atoms with van der Waals surface area (Å²) in [5.74, 6) is 1.33. The number of aromatic amines is 1. The minimum atomic E-state index is -0.320. The second-order valence-electron chi connectivity index (χ2n) is 4.37. The first kappa shape index (κ1) is 12.3. The molecule has 0 unspecified atom stereocenters. The number of hydrogen-bond donors (Lipinski definition) is 3. The number of aromatic nitrogens is 2. The number of carbonyl (C=O) groups is 1. The number of nitrogens with zero attached hydrogens (tertiary/aromatic N) is 1. The fourth-order valence-corrected chi connectivity index (χ4v) is 2.02. The molecule has 0 aliphatic carbocycles. The maximum Gasteiger partial charge on any atom is 0.259 e. The van der Waals surface area contributed by atoms with Crippen molar-refractivity contribution in [1.29, 1.82) is 0 Å². The number of ether oxygens (including phenoxy) is 2. The Balaban J connectivity index is 1.88. The summed E-state index contributed by atoms with van der Waals surface area (Å²) in [7, 11) is 0. The Labute approximate surface area is 115 Å². The van der Waals surface area contributed by atoms with Gasteiger partial charge in [-0.25, -0.2) is 0 Å². The van der Waals surface area contributed by atoms with Crippen LogP contribution in [0.5, 0.6) is 11.5 Å². The topological polar surface area (TPSA) is 102 Å². The lowest BCUT2D eigenvalue weighted by atomic mass is 10.1. The molecule has 7 heteroatoms. The van der Waals surface area contributed by atoms with Gasteiger partial charge in [-0.05, 0) is 12.5 Å². The molecule has 0 saturated carbocycles. The third kappa shape index (κ3) is 2.03. The minimum absolute atomic E-state index is 0.139. The van der Waals surface area contributed by atoms with Crippen LogP contribution in [-0.4, -0.2) is 22.9 Å². The van der Waals surface area contributed by atoms with E-state index in [-0.39, 0.29) is 12.7 Å². The molecular formula is C13H14N4O3. The van der Waals surface area contributed by atoms with Crippen molar-refractivity contribution in [3.8, 4) is 11.5 Å². The number of benzene rings is 1. The van der Waals surface area contributed by atoms with E-state index in [1.54, 1.807) is 18.3 Å². The highest BCUT2D eigenvalue weighted by Gasteiger charge is 2.20. The zero-order valence-electron chi connectivity index (χ0n) is 10.9. The molecule has 1 aliphatic heterocycles. The molecule has 2 aromatic rings. The van der Waals surface area contributed by atoms with Gasteiger partial charge in [-0.1, -0.05) is 6.92 Å². The van der Waals surface area contributed by atoms with Crippen molar-refractivity contribution < 1.29 is 14.3 Å². The van der Waals surface area contributed by atoms with Gasteiger partial charge < -0.3 is 20.5 Å². The van der Waals surface area contributed by atoms with E-state index in [0.717, 1.165) is 12.0 Å². The van der Waals surface area contributed by atoms with Gasteiger partial charge in [-0.3, -0.25) is 9.89 Å². The van der Waals surface area contributed by atoms with Gasteiger partial charge in [-0.15, -0.1) is 0 Å². The fraction of sp³-hybridized carbons (Fsp3) is 0.231. The molecule has 104 valence electrons. The van der Waals surface area contributed by atoms with Crippen molar-refractivity contribution in [1.82, 2.24) is 10.2 Å². The number of anilines is 2. The maximum absolute atomic E-state index is 12.3. The number of aryl methyl sites for hydroxylation is 1. The lowest BCUT2D eigenvalue weighted by Crippen LogP contribution is -2.15. The molecule has 3 rings (SSSR count). The van der Waals surface area contributed by atoms with Gasteiger partial charge in [0, 0.05) is 17.3 Å². The molecule has 2 heterocycles. The smallest absolute Gasteiger partial charge is 0.259 e. The zero-order chi connectivity index (χ0) is 14.1. The molecule has 20 heavy (non-hydrogen) atoms. The van der Waals surface area contributed by atoms with Crippen LogP contribution < -0.4 is 20.5 Å². The summed E-state index contributed by atoms with van der Waals surface area (Å²) in [6, 6.07) is 3.17. The van der Waals surface area contributed by atoms with Crippen molar-refractivity contribution in [3.63, 3.8) is 0 Å². The summed E-state index contributed by atoms with van der Waals surface area (Å²) in [4.78, 5) is 12.3. The highest BCUT2D eigenvalue weighted by Crippen LogP contribution is 2.36. The van der Waals surface area contributed by atoms with E-state index in [9.17, 15) is 4.79 Å². The van der Waals surface area contributed by atoms with Crippen molar-refractivity contribution in [3.05, 3.63) is 29.5 Å². The minimum Gasteiger partial charge on any atom is -0.454 e. The van der Waals surface area contributed by atoms with Crippen molar-refractivity contribution in [2.24, 2.45) is 0 Å². The van der Waals surface area contributed by atoms with Crippen LogP contribution in [0.15, 0.2) is 18.3 Å². The van der Waals surface area contributed by atoms with Gasteiger partial charge >= 0.3 is 0 Å². The number of H-pyrrole nitrogens is 1. The van der Waals surface area contributed by atoms with Crippen LogP contribution in [0.25, 0.3) is 0 Å². The van der Waals surface area contributed by atoms with Gasteiger partial charge in [0.1, 0.15) is 5.82 Å². The molecule has 0 radical (unpaired) electrons. The Hall–Kier alpha value is -2.70. The number of fused-ring (bicyclic) bond motifs is 1. The predicted molar refractivity (Wildman–Crippen MR) is 72.9 cm³/mol. The average molecular weight is 274 g/mol. The zero-order valence-corrected chi connectivity index (χ0v) is 10.9. The lowest BCUT2D eigenvalue weighted by molar-refractivity contribution is 0.102. The third-order valence-electron chi connectivity index (χ3n) is 3.13.